The zero-order chi connectivity index (χ0) is 25.9. The molecule has 4 heteroatoms. The fourth-order valence-corrected chi connectivity index (χ4v) is 6.77. The minimum atomic E-state index is 0.883. The van der Waals surface area contributed by atoms with Gasteiger partial charge >= 0.3 is 0 Å². The number of hydrogen-bond acceptors (Lipinski definition) is 3. The van der Waals surface area contributed by atoms with Gasteiger partial charge in [0, 0.05) is 21.5 Å². The smallest absolute Gasteiger partial charge is 0.165 e. The fourth-order valence-electron chi connectivity index (χ4n) is 6.77. The Kier molecular flexibility index (Phi) is 3.65. The van der Waals surface area contributed by atoms with Gasteiger partial charge in [-0.2, -0.15) is 0 Å². The van der Waals surface area contributed by atoms with Crippen LogP contribution in [0.1, 0.15) is 0 Å². The first kappa shape index (κ1) is 20.5. The maximum atomic E-state index is 6.73. The summed E-state index contributed by atoms with van der Waals surface area (Å²) in [6.07, 6.45) is 0. The Morgan fingerprint density at radius 3 is 2.27 bits per heavy atom. The van der Waals surface area contributed by atoms with Gasteiger partial charge in [-0.25, -0.2) is 9.97 Å². The van der Waals surface area contributed by atoms with E-state index in [1.807, 2.05) is 24.3 Å². The molecule has 0 saturated carbocycles. The molecular formula is C36H19N3O. The lowest BCUT2D eigenvalue weighted by molar-refractivity contribution is 0.673. The van der Waals surface area contributed by atoms with E-state index in [1.165, 1.54) is 16.3 Å². The molecule has 0 saturated heterocycles. The van der Waals surface area contributed by atoms with E-state index in [2.05, 4.69) is 95.4 Å². The molecule has 0 fully saturated rings. The van der Waals surface area contributed by atoms with Gasteiger partial charge < -0.3 is 4.42 Å². The van der Waals surface area contributed by atoms with E-state index in [0.29, 0.717) is 0 Å². The third-order valence-corrected chi connectivity index (χ3v) is 8.51. The Hall–Kier alpha value is -5.48. The van der Waals surface area contributed by atoms with Crippen LogP contribution in [0.3, 0.4) is 0 Å². The summed E-state index contributed by atoms with van der Waals surface area (Å²) in [7, 11) is 0. The Morgan fingerprint density at radius 2 is 1.32 bits per heavy atom. The highest BCUT2D eigenvalue weighted by molar-refractivity contribution is 6.29. The molecule has 10 aromatic rings. The van der Waals surface area contributed by atoms with E-state index in [9.17, 15) is 0 Å². The maximum absolute atomic E-state index is 6.73. The highest BCUT2D eigenvalue weighted by atomic mass is 16.3. The average molecular weight is 510 g/mol. The number of benzene rings is 6. The number of nitrogens with zero attached hydrogens (tertiary/aromatic N) is 3. The lowest BCUT2D eigenvalue weighted by Gasteiger charge is -2.06. The number of furan rings is 1. The SMILES string of the molecule is c1ccc2c(-c3ccc4c(c3)oc3c4ccc4c3c3cccc5c6nc7ccccc7nc6n4c53)cccc2c1. The van der Waals surface area contributed by atoms with Gasteiger partial charge in [0.05, 0.1) is 27.5 Å². The van der Waals surface area contributed by atoms with Crippen molar-refractivity contribution < 1.29 is 4.42 Å². The second-order valence-electron chi connectivity index (χ2n) is 10.6. The molecule has 0 unspecified atom stereocenters. The first-order chi connectivity index (χ1) is 19.8. The summed E-state index contributed by atoms with van der Waals surface area (Å²) in [5.74, 6) is 0. The Labute approximate surface area is 227 Å². The average Bonchev–Trinajstić information content (AvgIpc) is 3.65. The van der Waals surface area contributed by atoms with Crippen LogP contribution in [0, 0.1) is 0 Å². The number of aromatic nitrogens is 3. The summed E-state index contributed by atoms with van der Waals surface area (Å²) in [5.41, 5.74) is 10.0. The van der Waals surface area contributed by atoms with Crippen molar-refractivity contribution in [2.24, 2.45) is 0 Å². The molecule has 184 valence electrons. The van der Waals surface area contributed by atoms with Gasteiger partial charge in [0.1, 0.15) is 16.7 Å². The molecule has 0 amide bonds. The van der Waals surface area contributed by atoms with Crippen LogP contribution in [-0.4, -0.2) is 14.4 Å². The van der Waals surface area contributed by atoms with Crippen molar-refractivity contribution in [1.29, 1.82) is 0 Å². The highest BCUT2D eigenvalue weighted by Crippen LogP contribution is 2.44. The van der Waals surface area contributed by atoms with Crippen LogP contribution in [0.5, 0.6) is 0 Å². The predicted molar refractivity (Wildman–Crippen MR) is 164 cm³/mol. The molecule has 0 radical (unpaired) electrons. The summed E-state index contributed by atoms with van der Waals surface area (Å²) in [6, 6.07) is 40.5. The lowest BCUT2D eigenvalue weighted by Crippen LogP contribution is -1.88. The minimum Gasteiger partial charge on any atom is -0.455 e. The van der Waals surface area contributed by atoms with Gasteiger partial charge in [-0.3, -0.25) is 4.40 Å². The summed E-state index contributed by atoms with van der Waals surface area (Å²) in [6.45, 7) is 0. The van der Waals surface area contributed by atoms with Gasteiger partial charge in [-0.1, -0.05) is 78.9 Å². The molecule has 0 spiro atoms. The zero-order valence-electron chi connectivity index (χ0n) is 21.2. The number of rotatable bonds is 1. The number of hydrogen-bond donors (Lipinski definition) is 0. The molecule has 0 bridgehead atoms. The van der Waals surface area contributed by atoms with Crippen molar-refractivity contribution in [3.8, 4) is 11.1 Å². The largest absolute Gasteiger partial charge is 0.455 e. The van der Waals surface area contributed by atoms with Crippen LogP contribution >= 0.6 is 0 Å². The van der Waals surface area contributed by atoms with Crippen LogP contribution in [-0.2, 0) is 0 Å². The Bertz CT molecular complexity index is 2650. The molecule has 0 aliphatic rings. The van der Waals surface area contributed by atoms with Crippen molar-refractivity contribution in [1.82, 2.24) is 14.4 Å². The van der Waals surface area contributed by atoms with Gasteiger partial charge in [0.2, 0.25) is 0 Å². The van der Waals surface area contributed by atoms with E-state index >= 15 is 0 Å². The molecule has 4 aromatic heterocycles. The van der Waals surface area contributed by atoms with Crippen molar-refractivity contribution in [3.63, 3.8) is 0 Å². The molecular weight excluding hydrogens is 490 g/mol. The van der Waals surface area contributed by atoms with E-state index in [-0.39, 0.29) is 0 Å². The summed E-state index contributed by atoms with van der Waals surface area (Å²) in [5, 5.41) is 8.13. The number of para-hydroxylation sites is 3. The molecule has 4 nitrogen and oxygen atoms in total. The normalized spacial score (nSPS) is 12.5. The van der Waals surface area contributed by atoms with E-state index in [4.69, 9.17) is 14.4 Å². The molecule has 0 atom stereocenters. The van der Waals surface area contributed by atoms with Gasteiger partial charge in [-0.15, -0.1) is 0 Å². The fraction of sp³-hybridized carbons (Fsp3) is 0. The molecule has 40 heavy (non-hydrogen) atoms. The van der Waals surface area contributed by atoms with Crippen molar-refractivity contribution in [2.45, 2.75) is 0 Å². The maximum Gasteiger partial charge on any atom is 0.165 e. The van der Waals surface area contributed by atoms with Crippen molar-refractivity contribution in [2.75, 3.05) is 0 Å². The third kappa shape index (κ3) is 2.46. The molecule has 4 heterocycles. The van der Waals surface area contributed by atoms with Gasteiger partial charge in [0.25, 0.3) is 0 Å². The summed E-state index contributed by atoms with van der Waals surface area (Å²) in [4.78, 5) is 10.1. The van der Waals surface area contributed by atoms with Gasteiger partial charge in [-0.05, 0) is 58.3 Å². The summed E-state index contributed by atoms with van der Waals surface area (Å²) < 4.78 is 9.00. The van der Waals surface area contributed by atoms with Crippen LogP contribution in [0.2, 0.25) is 0 Å². The van der Waals surface area contributed by atoms with Crippen molar-refractivity contribution >= 4 is 82.1 Å². The Morgan fingerprint density at radius 1 is 0.575 bits per heavy atom. The first-order valence-corrected chi connectivity index (χ1v) is 13.5. The number of fused-ring (bicyclic) bond motifs is 12. The summed E-state index contributed by atoms with van der Waals surface area (Å²) >= 11 is 0. The van der Waals surface area contributed by atoms with Crippen LogP contribution in [0.25, 0.3) is 93.2 Å². The predicted octanol–water partition coefficient (Wildman–Crippen LogP) is 9.50. The zero-order valence-corrected chi connectivity index (χ0v) is 21.2. The van der Waals surface area contributed by atoms with E-state index < -0.39 is 0 Å². The van der Waals surface area contributed by atoms with Gasteiger partial charge in [0.15, 0.2) is 5.65 Å². The van der Waals surface area contributed by atoms with E-state index in [0.717, 1.165) is 76.9 Å². The molecule has 6 aromatic carbocycles. The minimum absolute atomic E-state index is 0.883. The molecule has 0 N–H and O–H groups in total. The van der Waals surface area contributed by atoms with E-state index in [1.54, 1.807) is 0 Å². The highest BCUT2D eigenvalue weighted by Gasteiger charge is 2.23. The quantitative estimate of drug-likeness (QED) is 0.221. The van der Waals surface area contributed by atoms with Crippen LogP contribution in [0.15, 0.2) is 120 Å². The first-order valence-electron chi connectivity index (χ1n) is 13.5. The Balaban J connectivity index is 1.31. The third-order valence-electron chi connectivity index (χ3n) is 8.51. The van der Waals surface area contributed by atoms with Crippen LogP contribution in [0.4, 0.5) is 0 Å². The molecule has 0 aliphatic heterocycles. The lowest BCUT2D eigenvalue weighted by atomic mass is 9.97. The standard InChI is InChI=1S/C36H19N3O/c1-2-9-22-20(7-1)8-5-10-23(22)21-15-16-24-25-17-18-30-32(35(25)40-31(24)19-21)26-11-6-12-27-33-36(39(30)34(26)27)38-29-14-4-3-13-28(29)37-33/h1-19H. The second-order valence-corrected chi connectivity index (χ2v) is 10.6. The molecule has 10 rings (SSSR count). The monoisotopic (exact) mass is 509 g/mol. The molecule has 0 aliphatic carbocycles. The van der Waals surface area contributed by atoms with Crippen molar-refractivity contribution in [3.05, 3.63) is 115 Å². The topological polar surface area (TPSA) is 43.3 Å². The second kappa shape index (κ2) is 7.13. The van der Waals surface area contributed by atoms with Crippen LogP contribution < -0.4 is 0 Å².